The Morgan fingerprint density at radius 2 is 1.83 bits per heavy atom. The van der Waals surface area contributed by atoms with E-state index in [2.05, 4.69) is 58.9 Å². The average Bonchev–Trinajstić information content (AvgIpc) is 3.15. The van der Waals surface area contributed by atoms with Crippen LogP contribution in [0.1, 0.15) is 37.5 Å². The second-order valence-corrected chi connectivity index (χ2v) is 8.04. The highest BCUT2D eigenvalue weighted by molar-refractivity contribution is 5.99. The Labute approximate surface area is 177 Å². The molecule has 0 radical (unpaired) electrons. The standard InChI is InChI=1S/C25H29N3O2/c1-15(2)28-24(29)14-27-25(30)18(5)11-21-10-17(4)22(12-16(21)3)19-6-7-23-20(13-19)8-9-26-23/h6-13,15,26H,14H2,1-5H3,(H,27,30)(H,28,29)/b18-11+. The molecule has 3 aromatic rings. The highest BCUT2D eigenvalue weighted by Crippen LogP contribution is 2.29. The summed E-state index contributed by atoms with van der Waals surface area (Å²) in [6.45, 7) is 9.63. The minimum absolute atomic E-state index is 0.0270. The van der Waals surface area contributed by atoms with E-state index in [1.165, 1.54) is 16.5 Å². The molecule has 3 rings (SSSR count). The first-order valence-electron chi connectivity index (χ1n) is 10.2. The van der Waals surface area contributed by atoms with Gasteiger partial charge in [0.15, 0.2) is 0 Å². The van der Waals surface area contributed by atoms with Crippen LogP contribution in [0.5, 0.6) is 0 Å². The summed E-state index contributed by atoms with van der Waals surface area (Å²) in [5, 5.41) is 6.61. The molecule has 0 atom stereocenters. The summed E-state index contributed by atoms with van der Waals surface area (Å²) in [6, 6.07) is 12.8. The van der Waals surface area contributed by atoms with Crippen molar-refractivity contribution in [2.75, 3.05) is 6.54 Å². The molecule has 156 valence electrons. The van der Waals surface area contributed by atoms with Gasteiger partial charge in [-0.05, 0) is 92.1 Å². The lowest BCUT2D eigenvalue weighted by molar-refractivity contribution is -0.124. The van der Waals surface area contributed by atoms with E-state index < -0.39 is 0 Å². The predicted molar refractivity (Wildman–Crippen MR) is 123 cm³/mol. The van der Waals surface area contributed by atoms with Gasteiger partial charge in [-0.2, -0.15) is 0 Å². The number of nitrogens with one attached hydrogen (secondary N) is 3. The Bertz CT molecular complexity index is 1120. The Balaban J connectivity index is 1.78. The summed E-state index contributed by atoms with van der Waals surface area (Å²) in [5.41, 5.74) is 7.27. The van der Waals surface area contributed by atoms with Crippen LogP contribution in [-0.4, -0.2) is 29.4 Å². The zero-order valence-corrected chi connectivity index (χ0v) is 18.2. The minimum atomic E-state index is -0.243. The van der Waals surface area contributed by atoms with E-state index in [0.29, 0.717) is 5.57 Å². The molecule has 5 nitrogen and oxygen atoms in total. The van der Waals surface area contributed by atoms with Crippen LogP contribution in [-0.2, 0) is 9.59 Å². The van der Waals surface area contributed by atoms with Crippen LogP contribution in [0.2, 0.25) is 0 Å². The maximum Gasteiger partial charge on any atom is 0.247 e. The second kappa shape index (κ2) is 8.99. The van der Waals surface area contributed by atoms with Crippen LogP contribution in [0.15, 0.2) is 48.2 Å². The number of amides is 2. The largest absolute Gasteiger partial charge is 0.361 e. The number of carbonyl (C=O) groups is 2. The van der Waals surface area contributed by atoms with Gasteiger partial charge in [-0.3, -0.25) is 9.59 Å². The van der Waals surface area contributed by atoms with E-state index in [9.17, 15) is 9.59 Å². The highest BCUT2D eigenvalue weighted by Gasteiger charge is 2.11. The molecule has 0 spiro atoms. The molecule has 0 unspecified atom stereocenters. The van der Waals surface area contributed by atoms with Gasteiger partial charge in [-0.1, -0.05) is 18.2 Å². The summed E-state index contributed by atoms with van der Waals surface area (Å²) in [5.74, 6) is -0.435. The molecule has 0 bridgehead atoms. The predicted octanol–water partition coefficient (Wildman–Crippen LogP) is 4.50. The van der Waals surface area contributed by atoms with Crippen molar-refractivity contribution in [2.45, 2.75) is 40.7 Å². The van der Waals surface area contributed by atoms with E-state index in [1.54, 1.807) is 6.92 Å². The van der Waals surface area contributed by atoms with E-state index in [-0.39, 0.29) is 24.4 Å². The first-order valence-corrected chi connectivity index (χ1v) is 10.2. The molecule has 2 amide bonds. The summed E-state index contributed by atoms with van der Waals surface area (Å²) < 4.78 is 0. The molecule has 1 heterocycles. The normalized spacial score (nSPS) is 11.7. The third kappa shape index (κ3) is 4.98. The first kappa shape index (κ1) is 21.4. The number of aromatic amines is 1. The number of hydrogen-bond acceptors (Lipinski definition) is 2. The molecular weight excluding hydrogens is 374 g/mol. The van der Waals surface area contributed by atoms with Gasteiger partial charge in [0.25, 0.3) is 0 Å². The number of aromatic nitrogens is 1. The van der Waals surface area contributed by atoms with Crippen LogP contribution in [0.3, 0.4) is 0 Å². The molecule has 0 fully saturated rings. The topological polar surface area (TPSA) is 74.0 Å². The highest BCUT2D eigenvalue weighted by atomic mass is 16.2. The Morgan fingerprint density at radius 1 is 1.07 bits per heavy atom. The zero-order chi connectivity index (χ0) is 21.8. The van der Waals surface area contributed by atoms with Crippen molar-refractivity contribution in [2.24, 2.45) is 0 Å². The maximum absolute atomic E-state index is 12.4. The molecule has 0 aliphatic heterocycles. The van der Waals surface area contributed by atoms with Gasteiger partial charge in [-0.15, -0.1) is 0 Å². The molecule has 2 aromatic carbocycles. The fraction of sp³-hybridized carbons (Fsp3) is 0.280. The smallest absolute Gasteiger partial charge is 0.247 e. The quantitative estimate of drug-likeness (QED) is 0.530. The van der Waals surface area contributed by atoms with Crippen molar-refractivity contribution in [1.29, 1.82) is 0 Å². The summed E-state index contributed by atoms with van der Waals surface area (Å²) in [4.78, 5) is 27.3. The van der Waals surface area contributed by atoms with Gasteiger partial charge >= 0.3 is 0 Å². The molecule has 0 saturated carbocycles. The SMILES string of the molecule is C/C(=C\c1cc(C)c(-c2ccc3[nH]ccc3c2)cc1C)C(=O)NCC(=O)NC(C)C. The fourth-order valence-corrected chi connectivity index (χ4v) is 3.50. The monoisotopic (exact) mass is 403 g/mol. The minimum Gasteiger partial charge on any atom is -0.361 e. The number of carbonyl (C=O) groups excluding carboxylic acids is 2. The lowest BCUT2D eigenvalue weighted by Gasteiger charge is -2.12. The number of benzene rings is 2. The van der Waals surface area contributed by atoms with Crippen molar-refractivity contribution in [3.8, 4) is 11.1 Å². The van der Waals surface area contributed by atoms with E-state index in [1.807, 2.05) is 33.0 Å². The molecule has 0 saturated heterocycles. The van der Waals surface area contributed by atoms with Crippen molar-refractivity contribution in [3.05, 3.63) is 64.9 Å². The average molecular weight is 404 g/mol. The third-order valence-corrected chi connectivity index (χ3v) is 5.07. The lowest BCUT2D eigenvalue weighted by atomic mass is 9.93. The summed E-state index contributed by atoms with van der Waals surface area (Å²) in [7, 11) is 0. The van der Waals surface area contributed by atoms with Gasteiger partial charge < -0.3 is 15.6 Å². The van der Waals surface area contributed by atoms with Crippen LogP contribution in [0.4, 0.5) is 0 Å². The molecule has 0 aliphatic carbocycles. The zero-order valence-electron chi connectivity index (χ0n) is 18.2. The molecular formula is C25H29N3O2. The Hall–Kier alpha value is -3.34. The van der Waals surface area contributed by atoms with Crippen LogP contribution >= 0.6 is 0 Å². The fourth-order valence-electron chi connectivity index (χ4n) is 3.50. The van der Waals surface area contributed by atoms with Gasteiger partial charge in [0.1, 0.15) is 0 Å². The molecule has 3 N–H and O–H groups in total. The van der Waals surface area contributed by atoms with Crippen LogP contribution < -0.4 is 10.6 Å². The van der Waals surface area contributed by atoms with Crippen molar-refractivity contribution in [1.82, 2.24) is 15.6 Å². The van der Waals surface area contributed by atoms with Gasteiger partial charge in [-0.25, -0.2) is 0 Å². The van der Waals surface area contributed by atoms with Crippen LogP contribution in [0.25, 0.3) is 28.1 Å². The number of H-pyrrole nitrogens is 1. The van der Waals surface area contributed by atoms with E-state index >= 15 is 0 Å². The number of rotatable bonds is 6. The van der Waals surface area contributed by atoms with Crippen molar-refractivity contribution in [3.63, 3.8) is 0 Å². The third-order valence-electron chi connectivity index (χ3n) is 5.07. The Morgan fingerprint density at radius 3 is 2.57 bits per heavy atom. The van der Waals surface area contributed by atoms with Crippen molar-refractivity contribution >= 4 is 28.8 Å². The number of hydrogen-bond donors (Lipinski definition) is 3. The number of aryl methyl sites for hydroxylation is 2. The second-order valence-electron chi connectivity index (χ2n) is 8.04. The first-order chi connectivity index (χ1) is 14.2. The van der Waals surface area contributed by atoms with E-state index in [4.69, 9.17) is 0 Å². The molecule has 0 aliphatic rings. The van der Waals surface area contributed by atoms with Gasteiger partial charge in [0, 0.05) is 23.3 Å². The summed E-state index contributed by atoms with van der Waals surface area (Å²) in [6.07, 6.45) is 3.82. The molecule has 1 aromatic heterocycles. The van der Waals surface area contributed by atoms with Gasteiger partial charge in [0.05, 0.1) is 6.54 Å². The van der Waals surface area contributed by atoms with E-state index in [0.717, 1.165) is 22.2 Å². The lowest BCUT2D eigenvalue weighted by Crippen LogP contribution is -2.40. The Kier molecular flexibility index (Phi) is 6.40. The number of fused-ring (bicyclic) bond motifs is 1. The van der Waals surface area contributed by atoms with Crippen LogP contribution in [0, 0.1) is 13.8 Å². The van der Waals surface area contributed by atoms with Gasteiger partial charge in [0.2, 0.25) is 11.8 Å². The summed E-state index contributed by atoms with van der Waals surface area (Å²) >= 11 is 0. The molecule has 30 heavy (non-hydrogen) atoms. The van der Waals surface area contributed by atoms with Crippen molar-refractivity contribution < 1.29 is 9.59 Å². The molecule has 5 heteroatoms. The maximum atomic E-state index is 12.4.